The zero-order valence-corrected chi connectivity index (χ0v) is 10.5. The topological polar surface area (TPSA) is 97.6 Å². The van der Waals surface area contributed by atoms with Crippen molar-refractivity contribution in [3.05, 3.63) is 23.7 Å². The fourth-order valence-electron chi connectivity index (χ4n) is 1.78. The lowest BCUT2D eigenvalue weighted by atomic mass is 10.3. The predicted octanol–water partition coefficient (Wildman–Crippen LogP) is 0.0111. The van der Waals surface area contributed by atoms with Gasteiger partial charge in [0.15, 0.2) is 0 Å². The van der Waals surface area contributed by atoms with E-state index >= 15 is 0 Å². The van der Waals surface area contributed by atoms with Crippen molar-refractivity contribution in [3.63, 3.8) is 0 Å². The smallest absolute Gasteiger partial charge is 0.256 e. The van der Waals surface area contributed by atoms with E-state index in [0.717, 1.165) is 0 Å². The van der Waals surface area contributed by atoms with E-state index < -0.39 is 0 Å². The van der Waals surface area contributed by atoms with Crippen molar-refractivity contribution in [3.8, 4) is 5.95 Å². The molecule has 1 aliphatic rings. The van der Waals surface area contributed by atoms with Gasteiger partial charge in [-0.25, -0.2) is 4.68 Å². The Hall–Kier alpha value is -2.22. The molecule has 1 aliphatic heterocycles. The second kappa shape index (κ2) is 4.81. The van der Waals surface area contributed by atoms with Crippen LogP contribution in [-0.4, -0.2) is 43.2 Å². The fourth-order valence-corrected chi connectivity index (χ4v) is 1.94. The van der Waals surface area contributed by atoms with Gasteiger partial charge in [-0.3, -0.25) is 4.79 Å². The van der Waals surface area contributed by atoms with Crippen LogP contribution in [0.25, 0.3) is 5.95 Å². The molecule has 0 aromatic carbocycles. The minimum atomic E-state index is -0.0450. The van der Waals surface area contributed by atoms with Crippen LogP contribution in [0.2, 0.25) is 5.28 Å². The number of halogens is 1. The van der Waals surface area contributed by atoms with Gasteiger partial charge in [0.1, 0.15) is 0 Å². The minimum absolute atomic E-state index is 0.00459. The molecule has 1 atom stereocenters. The van der Waals surface area contributed by atoms with E-state index in [1.807, 2.05) is 0 Å². The number of carbonyl (C=O) groups excluding carboxylic acids is 1. The second-order valence-electron chi connectivity index (χ2n) is 4.03. The summed E-state index contributed by atoms with van der Waals surface area (Å²) < 4.78 is 1.48. The number of hydrogen-bond donors (Lipinski definition) is 2. The zero-order chi connectivity index (χ0) is 13.2. The highest BCUT2D eigenvalue weighted by Crippen LogP contribution is 2.12. The van der Waals surface area contributed by atoms with Crippen LogP contribution in [0.4, 0.5) is 5.95 Å². The molecule has 0 saturated carbocycles. The highest BCUT2D eigenvalue weighted by atomic mass is 35.5. The van der Waals surface area contributed by atoms with Crippen LogP contribution >= 0.6 is 11.6 Å². The number of nitrogens with zero attached hydrogens (tertiary/aromatic N) is 5. The molecule has 0 spiro atoms. The van der Waals surface area contributed by atoms with E-state index in [2.05, 4.69) is 30.7 Å². The number of aromatic nitrogens is 5. The van der Waals surface area contributed by atoms with E-state index in [9.17, 15) is 4.79 Å². The Labute approximate surface area is 113 Å². The molecule has 98 valence electrons. The second-order valence-corrected chi connectivity index (χ2v) is 4.37. The molecule has 9 heteroatoms. The highest BCUT2D eigenvalue weighted by Gasteiger charge is 2.22. The molecule has 1 fully saturated rings. The Balaban J connectivity index is 1.84. The molecule has 0 bridgehead atoms. The van der Waals surface area contributed by atoms with Crippen LogP contribution < -0.4 is 10.6 Å². The quantitative estimate of drug-likeness (QED) is 0.821. The lowest BCUT2D eigenvalue weighted by molar-refractivity contribution is -0.119. The molecule has 8 nitrogen and oxygen atoms in total. The average Bonchev–Trinajstić information content (AvgIpc) is 3.00. The predicted molar refractivity (Wildman–Crippen MR) is 67.0 cm³/mol. The van der Waals surface area contributed by atoms with E-state index in [1.54, 1.807) is 18.5 Å². The van der Waals surface area contributed by atoms with Gasteiger partial charge >= 0.3 is 0 Å². The van der Waals surface area contributed by atoms with Gasteiger partial charge in [-0.05, 0) is 17.7 Å². The SMILES string of the molecule is O=C1CC(Nc2nc(Cl)nc(-n3cccn3)n2)CN1. The highest BCUT2D eigenvalue weighted by molar-refractivity contribution is 6.28. The Morgan fingerprint density at radius 2 is 2.32 bits per heavy atom. The first-order chi connectivity index (χ1) is 9.20. The molecule has 3 rings (SSSR count). The van der Waals surface area contributed by atoms with Crippen LogP contribution in [0.3, 0.4) is 0 Å². The van der Waals surface area contributed by atoms with Gasteiger partial charge in [-0.1, -0.05) is 0 Å². The van der Waals surface area contributed by atoms with E-state index in [0.29, 0.717) is 24.9 Å². The van der Waals surface area contributed by atoms with Crippen molar-refractivity contribution in [2.45, 2.75) is 12.5 Å². The number of amides is 1. The summed E-state index contributed by atoms with van der Waals surface area (Å²) in [6.45, 7) is 0.541. The third-order valence-electron chi connectivity index (χ3n) is 2.62. The Morgan fingerprint density at radius 3 is 3.00 bits per heavy atom. The zero-order valence-electron chi connectivity index (χ0n) is 9.75. The van der Waals surface area contributed by atoms with Crippen LogP contribution in [0.15, 0.2) is 18.5 Å². The first-order valence-corrected chi connectivity index (χ1v) is 6.03. The molecule has 0 aliphatic carbocycles. The standard InChI is InChI=1S/C10H10ClN7O/c11-8-15-9(14-6-4-7(19)12-5-6)17-10(16-8)18-3-1-2-13-18/h1-3,6H,4-5H2,(H,12,19)(H,14,15,16,17). The third kappa shape index (κ3) is 2.63. The maximum atomic E-state index is 11.1. The first kappa shape index (κ1) is 11.8. The lowest BCUT2D eigenvalue weighted by Crippen LogP contribution is -2.24. The summed E-state index contributed by atoms with van der Waals surface area (Å²) in [6.07, 6.45) is 3.71. The molecule has 2 N–H and O–H groups in total. The summed E-state index contributed by atoms with van der Waals surface area (Å²) in [5.74, 6) is 0.654. The van der Waals surface area contributed by atoms with Gasteiger partial charge in [-0.15, -0.1) is 0 Å². The Bertz CT molecular complexity index is 600. The molecule has 0 radical (unpaired) electrons. The number of anilines is 1. The normalized spacial score (nSPS) is 18.4. The fraction of sp³-hybridized carbons (Fsp3) is 0.300. The Morgan fingerprint density at radius 1 is 1.42 bits per heavy atom. The molecular formula is C10H10ClN7O. The van der Waals surface area contributed by atoms with Gasteiger partial charge in [0.25, 0.3) is 5.95 Å². The van der Waals surface area contributed by atoms with Gasteiger partial charge in [0.05, 0.1) is 6.04 Å². The summed E-state index contributed by atoms with van der Waals surface area (Å²) in [5.41, 5.74) is 0. The largest absolute Gasteiger partial charge is 0.354 e. The van der Waals surface area contributed by atoms with Crippen molar-refractivity contribution < 1.29 is 4.79 Å². The monoisotopic (exact) mass is 279 g/mol. The number of hydrogen-bond acceptors (Lipinski definition) is 6. The molecule has 3 heterocycles. The van der Waals surface area contributed by atoms with Gasteiger partial charge in [0, 0.05) is 25.4 Å². The number of nitrogens with one attached hydrogen (secondary N) is 2. The lowest BCUT2D eigenvalue weighted by Gasteiger charge is -2.10. The number of rotatable bonds is 3. The minimum Gasteiger partial charge on any atom is -0.354 e. The summed E-state index contributed by atoms with van der Waals surface area (Å²) >= 11 is 5.86. The van der Waals surface area contributed by atoms with Gasteiger partial charge < -0.3 is 10.6 Å². The number of carbonyl (C=O) groups is 1. The molecule has 2 aromatic rings. The van der Waals surface area contributed by atoms with Crippen molar-refractivity contribution in [1.82, 2.24) is 30.0 Å². The van der Waals surface area contributed by atoms with Crippen molar-refractivity contribution in [2.24, 2.45) is 0 Å². The van der Waals surface area contributed by atoms with E-state index in [4.69, 9.17) is 11.6 Å². The summed E-state index contributed by atoms with van der Waals surface area (Å²) in [5, 5.41) is 9.86. The van der Waals surface area contributed by atoms with Crippen molar-refractivity contribution >= 4 is 23.5 Å². The third-order valence-corrected chi connectivity index (χ3v) is 2.79. The van der Waals surface area contributed by atoms with Gasteiger partial charge in [-0.2, -0.15) is 20.1 Å². The summed E-state index contributed by atoms with van der Waals surface area (Å²) in [6, 6.07) is 1.71. The van der Waals surface area contributed by atoms with Gasteiger partial charge in [0.2, 0.25) is 17.1 Å². The Kier molecular flexibility index (Phi) is 3.00. The molecule has 2 aromatic heterocycles. The van der Waals surface area contributed by atoms with Crippen LogP contribution in [0.5, 0.6) is 0 Å². The van der Waals surface area contributed by atoms with Crippen molar-refractivity contribution in [1.29, 1.82) is 0 Å². The van der Waals surface area contributed by atoms with Crippen LogP contribution in [0, 0.1) is 0 Å². The molecule has 1 unspecified atom stereocenters. The van der Waals surface area contributed by atoms with E-state index in [-0.39, 0.29) is 17.2 Å². The first-order valence-electron chi connectivity index (χ1n) is 5.65. The van der Waals surface area contributed by atoms with E-state index in [1.165, 1.54) is 4.68 Å². The summed E-state index contributed by atoms with van der Waals surface area (Å²) in [7, 11) is 0. The maximum absolute atomic E-state index is 11.1. The summed E-state index contributed by atoms with van der Waals surface area (Å²) in [4.78, 5) is 23.3. The molecule has 1 saturated heterocycles. The maximum Gasteiger partial charge on any atom is 0.256 e. The molecular weight excluding hydrogens is 270 g/mol. The van der Waals surface area contributed by atoms with Crippen molar-refractivity contribution in [2.75, 3.05) is 11.9 Å². The molecule has 1 amide bonds. The van der Waals surface area contributed by atoms with Crippen LogP contribution in [0.1, 0.15) is 6.42 Å². The van der Waals surface area contributed by atoms with Crippen LogP contribution in [-0.2, 0) is 4.79 Å². The average molecular weight is 280 g/mol. The molecule has 19 heavy (non-hydrogen) atoms.